The van der Waals surface area contributed by atoms with Gasteiger partial charge in [-0.3, -0.25) is 4.79 Å². The molecule has 33 heavy (non-hydrogen) atoms. The molecule has 2 heterocycles. The Bertz CT molecular complexity index is 1130. The van der Waals surface area contributed by atoms with Gasteiger partial charge in [-0.25, -0.2) is 4.79 Å². The minimum atomic E-state index is -0.459. The van der Waals surface area contributed by atoms with E-state index in [1.54, 1.807) is 67.4 Å². The highest BCUT2D eigenvalue weighted by Gasteiger charge is 2.30. The summed E-state index contributed by atoms with van der Waals surface area (Å²) in [6, 6.07) is 14.1. The van der Waals surface area contributed by atoms with Crippen LogP contribution in [0, 0.1) is 5.92 Å². The Labute approximate surface area is 192 Å². The molecule has 4 rings (SSSR count). The zero-order chi connectivity index (χ0) is 23.2. The Morgan fingerprint density at radius 3 is 2.24 bits per heavy atom. The standard InChI is InChI=1S/C24H29N5O4/c1-32-20-7-3-18(4-8-20)26-23(30)22-24(31)29(19-5-9-21(33-2)10-6-19)27-28(22)16-13-17-11-14-25-15-12-17/h3-10,17,25H,11-16H2,1-2H3,(H-,26,27,30,31)/p+1. The molecule has 0 bridgehead atoms. The molecule has 2 aromatic carbocycles. The first-order valence-electron chi connectivity index (χ1n) is 11.1. The SMILES string of the molecule is COc1ccc(NC(=O)c2c(=O)n(-c3ccc(OC)cc3)[nH][n+]2CCC2CCNCC2)cc1. The maximum atomic E-state index is 13.3. The summed E-state index contributed by atoms with van der Waals surface area (Å²) < 4.78 is 13.4. The number of methoxy groups -OCH3 is 2. The number of ether oxygens (including phenoxy) is 2. The fourth-order valence-electron chi connectivity index (χ4n) is 4.07. The molecule has 0 aliphatic carbocycles. The van der Waals surface area contributed by atoms with E-state index in [0.29, 0.717) is 35.3 Å². The van der Waals surface area contributed by atoms with Gasteiger partial charge >= 0.3 is 17.2 Å². The quantitative estimate of drug-likeness (QED) is 0.455. The van der Waals surface area contributed by atoms with Crippen molar-refractivity contribution in [3.05, 3.63) is 64.6 Å². The lowest BCUT2D eigenvalue weighted by Crippen LogP contribution is -2.46. The average Bonchev–Trinajstić information content (AvgIpc) is 3.20. The molecule has 0 spiro atoms. The van der Waals surface area contributed by atoms with E-state index in [0.717, 1.165) is 32.4 Å². The number of rotatable bonds is 8. The zero-order valence-electron chi connectivity index (χ0n) is 19.0. The number of piperidine rings is 1. The summed E-state index contributed by atoms with van der Waals surface area (Å²) >= 11 is 0. The number of nitrogens with one attached hydrogen (secondary N) is 3. The lowest BCUT2D eigenvalue weighted by molar-refractivity contribution is -0.757. The van der Waals surface area contributed by atoms with Crippen LogP contribution in [0.2, 0.25) is 0 Å². The molecule has 0 radical (unpaired) electrons. The number of nitrogens with zero attached hydrogens (tertiary/aromatic N) is 2. The predicted octanol–water partition coefficient (Wildman–Crippen LogP) is 2.11. The van der Waals surface area contributed by atoms with Crippen LogP contribution in [0.15, 0.2) is 53.3 Å². The minimum Gasteiger partial charge on any atom is -0.497 e. The van der Waals surface area contributed by atoms with Crippen molar-refractivity contribution in [3.63, 3.8) is 0 Å². The van der Waals surface area contributed by atoms with Crippen molar-refractivity contribution >= 4 is 11.6 Å². The largest absolute Gasteiger partial charge is 0.497 e. The first kappa shape index (κ1) is 22.6. The Morgan fingerprint density at radius 1 is 1.03 bits per heavy atom. The molecule has 3 N–H and O–H groups in total. The predicted molar refractivity (Wildman–Crippen MR) is 124 cm³/mol. The van der Waals surface area contributed by atoms with Gasteiger partial charge in [0.2, 0.25) is 0 Å². The fourth-order valence-corrected chi connectivity index (χ4v) is 4.07. The molecule has 9 heteroatoms. The van der Waals surface area contributed by atoms with E-state index in [2.05, 4.69) is 15.8 Å². The van der Waals surface area contributed by atoms with Gasteiger partial charge in [-0.05, 0) is 86.8 Å². The molecule has 0 saturated carbocycles. The third kappa shape index (κ3) is 5.25. The van der Waals surface area contributed by atoms with E-state index in [9.17, 15) is 9.59 Å². The maximum Gasteiger partial charge on any atom is 0.411 e. The average molecular weight is 453 g/mol. The number of amides is 1. The molecule has 1 aliphatic rings. The van der Waals surface area contributed by atoms with Crippen molar-refractivity contribution < 1.29 is 19.0 Å². The zero-order valence-corrected chi connectivity index (χ0v) is 19.0. The van der Waals surface area contributed by atoms with E-state index in [-0.39, 0.29) is 5.69 Å². The summed E-state index contributed by atoms with van der Waals surface area (Å²) in [7, 11) is 3.17. The Balaban J connectivity index is 1.63. The van der Waals surface area contributed by atoms with Crippen LogP contribution >= 0.6 is 0 Å². The van der Waals surface area contributed by atoms with E-state index >= 15 is 0 Å². The molecule has 0 unspecified atom stereocenters. The first-order valence-corrected chi connectivity index (χ1v) is 11.1. The van der Waals surface area contributed by atoms with Gasteiger partial charge in [0.1, 0.15) is 18.0 Å². The third-order valence-electron chi connectivity index (χ3n) is 6.01. The van der Waals surface area contributed by atoms with Crippen LogP contribution in [0.3, 0.4) is 0 Å². The summed E-state index contributed by atoms with van der Waals surface area (Å²) in [6.07, 6.45) is 3.08. The molecule has 9 nitrogen and oxygen atoms in total. The van der Waals surface area contributed by atoms with Crippen LogP contribution in [0.4, 0.5) is 5.69 Å². The second-order valence-corrected chi connectivity index (χ2v) is 8.10. The van der Waals surface area contributed by atoms with Crippen LogP contribution in [0.25, 0.3) is 5.69 Å². The van der Waals surface area contributed by atoms with Crippen molar-refractivity contribution in [2.75, 3.05) is 32.6 Å². The van der Waals surface area contributed by atoms with E-state index < -0.39 is 11.5 Å². The second kappa shape index (κ2) is 10.4. The number of H-pyrrole nitrogens is 1. The number of benzene rings is 2. The lowest BCUT2D eigenvalue weighted by atomic mass is 9.95. The molecule has 3 aromatic rings. The number of carbonyl (C=O) groups is 1. The fraction of sp³-hybridized carbons (Fsp3) is 0.375. The summed E-state index contributed by atoms with van der Waals surface area (Å²) in [5, 5.41) is 9.32. The summed E-state index contributed by atoms with van der Waals surface area (Å²) in [5.74, 6) is 1.48. The molecule has 1 saturated heterocycles. The highest BCUT2D eigenvalue weighted by Crippen LogP contribution is 2.17. The van der Waals surface area contributed by atoms with Gasteiger partial charge in [0.25, 0.3) is 0 Å². The number of aryl methyl sites for hydroxylation is 1. The number of hydrogen-bond acceptors (Lipinski definition) is 5. The van der Waals surface area contributed by atoms with Crippen LogP contribution in [0.1, 0.15) is 29.8 Å². The first-order chi connectivity index (χ1) is 16.1. The van der Waals surface area contributed by atoms with Crippen molar-refractivity contribution in [1.29, 1.82) is 0 Å². The van der Waals surface area contributed by atoms with Gasteiger partial charge in [-0.15, -0.1) is 4.68 Å². The topological polar surface area (TPSA) is 101 Å². The monoisotopic (exact) mass is 452 g/mol. The van der Waals surface area contributed by atoms with Gasteiger partial charge in [0, 0.05) is 5.69 Å². The van der Waals surface area contributed by atoms with Crippen molar-refractivity contribution in [1.82, 2.24) is 15.2 Å². The van der Waals surface area contributed by atoms with Crippen molar-refractivity contribution in [3.8, 4) is 17.2 Å². The van der Waals surface area contributed by atoms with Gasteiger partial charge < -0.3 is 20.1 Å². The number of hydrogen-bond donors (Lipinski definition) is 3. The van der Waals surface area contributed by atoms with Crippen LogP contribution in [0.5, 0.6) is 11.5 Å². The third-order valence-corrected chi connectivity index (χ3v) is 6.01. The van der Waals surface area contributed by atoms with Crippen molar-refractivity contribution in [2.45, 2.75) is 25.8 Å². The molecule has 1 aliphatic heterocycles. The molecule has 1 fully saturated rings. The van der Waals surface area contributed by atoms with E-state index in [1.807, 2.05) is 0 Å². The van der Waals surface area contributed by atoms with Gasteiger partial charge in [0.05, 0.1) is 14.2 Å². The number of anilines is 1. The second-order valence-electron chi connectivity index (χ2n) is 8.10. The van der Waals surface area contributed by atoms with Gasteiger partial charge in [-0.1, -0.05) is 9.90 Å². The van der Waals surface area contributed by atoms with Crippen LogP contribution < -0.4 is 30.3 Å². The molecule has 1 amide bonds. The maximum absolute atomic E-state index is 13.3. The Kier molecular flexibility index (Phi) is 7.09. The molecule has 174 valence electrons. The summed E-state index contributed by atoms with van der Waals surface area (Å²) in [5.41, 5.74) is 0.870. The smallest absolute Gasteiger partial charge is 0.411 e. The normalized spacial score (nSPS) is 14.1. The van der Waals surface area contributed by atoms with Gasteiger partial charge in [0.15, 0.2) is 5.69 Å². The summed E-state index contributed by atoms with van der Waals surface area (Å²) in [4.78, 5) is 26.5. The number of aromatic amines is 1. The Hall–Kier alpha value is -3.59. The van der Waals surface area contributed by atoms with Crippen LogP contribution in [-0.4, -0.2) is 43.1 Å². The van der Waals surface area contributed by atoms with Gasteiger partial charge in [-0.2, -0.15) is 0 Å². The highest BCUT2D eigenvalue weighted by molar-refractivity contribution is 6.01. The summed E-state index contributed by atoms with van der Waals surface area (Å²) in [6.45, 7) is 2.56. The number of aromatic nitrogens is 3. The Morgan fingerprint density at radius 2 is 1.64 bits per heavy atom. The van der Waals surface area contributed by atoms with Crippen LogP contribution in [-0.2, 0) is 6.54 Å². The molecular formula is C24H30N5O4+. The van der Waals surface area contributed by atoms with Crippen molar-refractivity contribution in [2.24, 2.45) is 5.92 Å². The lowest BCUT2D eigenvalue weighted by Gasteiger charge is -2.21. The molecule has 1 aromatic heterocycles. The van der Waals surface area contributed by atoms with E-state index in [4.69, 9.17) is 9.47 Å². The number of carbonyl (C=O) groups excluding carboxylic acids is 1. The highest BCUT2D eigenvalue weighted by atomic mass is 16.5. The minimum absolute atomic E-state index is 0.0653. The molecule has 0 atom stereocenters. The molecular weight excluding hydrogens is 422 g/mol. The van der Waals surface area contributed by atoms with E-state index in [1.165, 1.54) is 4.68 Å².